The van der Waals surface area contributed by atoms with Gasteiger partial charge in [-0.05, 0) is 0 Å². The molecule has 1 saturated heterocycles. The van der Waals surface area contributed by atoms with Crippen molar-refractivity contribution in [3.8, 4) is 0 Å². The summed E-state index contributed by atoms with van der Waals surface area (Å²) in [5.74, 6) is -1.38. The molecule has 1 aliphatic rings. The molecule has 0 aliphatic carbocycles. The second-order valence-electron chi connectivity index (χ2n) is 4.43. The Kier molecular flexibility index (Phi) is 4.61. The number of alkyl halides is 1. The summed E-state index contributed by atoms with van der Waals surface area (Å²) in [5.41, 5.74) is -2.49. The largest absolute Gasteiger partial charge is 0.469 e. The third kappa shape index (κ3) is 3.48. The third-order valence-corrected chi connectivity index (χ3v) is 3.38. The van der Waals surface area contributed by atoms with Crippen LogP contribution in [0, 0.1) is 5.82 Å². The van der Waals surface area contributed by atoms with Gasteiger partial charge in [-0.3, -0.25) is 18.9 Å². The third-order valence-electron chi connectivity index (χ3n) is 2.90. The van der Waals surface area contributed by atoms with Crippen LogP contribution in [0.2, 0.25) is 0 Å². The molecule has 0 amide bonds. The number of phosphoric ester groups is 1. The highest BCUT2D eigenvalue weighted by molar-refractivity contribution is 7.46. The summed E-state index contributed by atoms with van der Waals surface area (Å²) in [6, 6.07) is 0. The number of rotatable bonds is 4. The highest BCUT2D eigenvalue weighted by Gasteiger charge is 2.46. The van der Waals surface area contributed by atoms with Crippen molar-refractivity contribution in [2.75, 3.05) is 6.61 Å². The van der Waals surface area contributed by atoms with E-state index < -0.39 is 56.1 Å². The lowest BCUT2D eigenvalue weighted by molar-refractivity contribution is -0.0486. The van der Waals surface area contributed by atoms with Gasteiger partial charge >= 0.3 is 13.5 Å². The van der Waals surface area contributed by atoms with Crippen LogP contribution >= 0.6 is 7.82 Å². The summed E-state index contributed by atoms with van der Waals surface area (Å²) >= 11 is 0. The minimum atomic E-state index is -4.87. The lowest BCUT2D eigenvalue weighted by Crippen LogP contribution is -2.37. The van der Waals surface area contributed by atoms with Gasteiger partial charge in [0.05, 0.1) is 12.8 Å². The molecule has 0 unspecified atom stereocenters. The van der Waals surface area contributed by atoms with Gasteiger partial charge in [-0.2, -0.15) is 4.39 Å². The van der Waals surface area contributed by atoms with Crippen molar-refractivity contribution < 1.29 is 37.5 Å². The first-order valence-corrected chi connectivity index (χ1v) is 7.32. The molecule has 1 aromatic rings. The molecule has 2 heterocycles. The smallest absolute Gasteiger partial charge is 0.387 e. The zero-order valence-electron chi connectivity index (χ0n) is 10.6. The van der Waals surface area contributed by atoms with E-state index >= 15 is 0 Å². The van der Waals surface area contributed by atoms with Crippen LogP contribution in [0.3, 0.4) is 0 Å². The van der Waals surface area contributed by atoms with Gasteiger partial charge in [0.15, 0.2) is 12.4 Å². The number of aliphatic hydroxyl groups is 1. The highest BCUT2D eigenvalue weighted by Crippen LogP contribution is 2.38. The van der Waals surface area contributed by atoms with Crippen molar-refractivity contribution in [1.29, 1.82) is 0 Å². The van der Waals surface area contributed by atoms with Crippen LogP contribution in [-0.2, 0) is 13.8 Å². The molecule has 4 N–H and O–H groups in total. The normalized spacial score (nSPS) is 29.0. The molecule has 124 valence electrons. The van der Waals surface area contributed by atoms with Crippen molar-refractivity contribution in [2.45, 2.75) is 24.6 Å². The number of aromatic nitrogens is 2. The molecule has 0 aromatic carbocycles. The van der Waals surface area contributed by atoms with E-state index in [9.17, 15) is 28.0 Å². The topological polar surface area (TPSA) is 151 Å². The second kappa shape index (κ2) is 5.99. The molecule has 1 aliphatic heterocycles. The van der Waals surface area contributed by atoms with E-state index in [0.29, 0.717) is 10.8 Å². The van der Waals surface area contributed by atoms with Crippen molar-refractivity contribution in [3.05, 3.63) is 32.9 Å². The SMILES string of the molecule is O=c1[nH]c(=O)n([C@@H]2O[C@H](COP(=O)(O)O)[C@@H](O)[C@H]2F)cc1F. The fourth-order valence-corrected chi connectivity index (χ4v) is 2.23. The number of hydrogen-bond donors (Lipinski definition) is 4. The molecule has 1 aromatic heterocycles. The second-order valence-corrected chi connectivity index (χ2v) is 5.67. The Morgan fingerprint density at radius 2 is 2.09 bits per heavy atom. The van der Waals surface area contributed by atoms with Crippen LogP contribution in [0.25, 0.3) is 0 Å². The maximum absolute atomic E-state index is 14.0. The molecular formula is C9H11F2N2O8P. The summed E-state index contributed by atoms with van der Waals surface area (Å²) < 4.78 is 47.1. The average molecular weight is 344 g/mol. The number of aromatic amines is 1. The zero-order valence-corrected chi connectivity index (χ0v) is 11.5. The van der Waals surface area contributed by atoms with Crippen molar-refractivity contribution in [2.24, 2.45) is 0 Å². The van der Waals surface area contributed by atoms with E-state index in [0.717, 1.165) is 0 Å². The standard InChI is InChI=1S/C9H11F2N2O8P/c10-3-1-13(9(16)12-7(3)15)8-5(11)6(14)4(21-8)2-20-22(17,18)19/h1,4-6,8,14H,2H2,(H,12,15,16)(H2,17,18,19)/t4-,5-,6-,8-/m1/s1. The number of nitrogens with one attached hydrogen (secondary N) is 1. The van der Waals surface area contributed by atoms with Crippen LogP contribution in [-0.4, -0.2) is 49.4 Å². The number of ether oxygens (including phenoxy) is 1. The van der Waals surface area contributed by atoms with E-state index in [-0.39, 0.29) is 0 Å². The van der Waals surface area contributed by atoms with Gasteiger partial charge < -0.3 is 19.6 Å². The molecule has 2 rings (SSSR count). The monoisotopic (exact) mass is 344 g/mol. The molecule has 13 heteroatoms. The van der Waals surface area contributed by atoms with Crippen LogP contribution in [0.15, 0.2) is 15.8 Å². The van der Waals surface area contributed by atoms with Crippen molar-refractivity contribution in [1.82, 2.24) is 9.55 Å². The van der Waals surface area contributed by atoms with Gasteiger partial charge in [0.2, 0.25) is 5.82 Å². The summed E-state index contributed by atoms with van der Waals surface area (Å²) in [6.07, 6.45) is -6.99. The maximum Gasteiger partial charge on any atom is 0.469 e. The molecule has 1 fully saturated rings. The van der Waals surface area contributed by atoms with E-state index in [1.165, 1.54) is 0 Å². The number of H-pyrrole nitrogens is 1. The Hall–Kier alpha value is -1.43. The van der Waals surface area contributed by atoms with Crippen LogP contribution in [0.1, 0.15) is 6.23 Å². The minimum absolute atomic E-state index is 0.377. The number of hydrogen-bond acceptors (Lipinski definition) is 6. The number of nitrogens with zero attached hydrogens (tertiary/aromatic N) is 1. The summed E-state index contributed by atoms with van der Waals surface area (Å²) in [4.78, 5) is 41.1. The number of aliphatic hydroxyl groups excluding tert-OH is 1. The first-order chi connectivity index (χ1) is 10.1. The Morgan fingerprint density at radius 3 is 2.68 bits per heavy atom. The van der Waals surface area contributed by atoms with Gasteiger partial charge in [0, 0.05) is 0 Å². The molecule has 0 spiro atoms. The van der Waals surface area contributed by atoms with Gasteiger partial charge in [0.1, 0.15) is 12.2 Å². The maximum atomic E-state index is 14.0. The molecule has 0 bridgehead atoms. The predicted octanol–water partition coefficient (Wildman–Crippen LogP) is -1.62. The first kappa shape index (κ1) is 16.9. The molecule has 0 radical (unpaired) electrons. The first-order valence-electron chi connectivity index (χ1n) is 5.79. The molecule has 10 nitrogen and oxygen atoms in total. The molecular weight excluding hydrogens is 333 g/mol. The Morgan fingerprint density at radius 1 is 1.45 bits per heavy atom. The summed E-state index contributed by atoms with van der Waals surface area (Å²) in [6.45, 7) is -0.858. The van der Waals surface area contributed by atoms with E-state index in [4.69, 9.17) is 14.5 Å². The fraction of sp³-hybridized carbons (Fsp3) is 0.556. The fourth-order valence-electron chi connectivity index (χ4n) is 1.89. The Bertz CT molecular complexity index is 714. The van der Waals surface area contributed by atoms with E-state index in [1.807, 2.05) is 0 Å². The predicted molar refractivity (Wildman–Crippen MR) is 64.1 cm³/mol. The van der Waals surface area contributed by atoms with E-state index in [2.05, 4.69) is 4.52 Å². The summed E-state index contributed by atoms with van der Waals surface area (Å²) in [7, 11) is -4.87. The van der Waals surface area contributed by atoms with Gasteiger partial charge in [0.25, 0.3) is 5.56 Å². The molecule has 22 heavy (non-hydrogen) atoms. The molecule has 4 atom stereocenters. The number of phosphoric acid groups is 1. The average Bonchev–Trinajstić information content (AvgIpc) is 2.68. The lowest BCUT2D eigenvalue weighted by Gasteiger charge is -2.16. The number of halogens is 2. The minimum Gasteiger partial charge on any atom is -0.387 e. The van der Waals surface area contributed by atoms with Crippen molar-refractivity contribution >= 4 is 7.82 Å². The van der Waals surface area contributed by atoms with Crippen molar-refractivity contribution in [3.63, 3.8) is 0 Å². The summed E-state index contributed by atoms with van der Waals surface area (Å²) in [5, 5.41) is 9.59. The van der Waals surface area contributed by atoms with Crippen LogP contribution in [0.5, 0.6) is 0 Å². The van der Waals surface area contributed by atoms with E-state index in [1.54, 1.807) is 4.98 Å². The van der Waals surface area contributed by atoms with Gasteiger partial charge in [-0.25, -0.2) is 13.8 Å². The molecule has 0 saturated carbocycles. The van der Waals surface area contributed by atoms with Gasteiger partial charge in [-0.1, -0.05) is 0 Å². The van der Waals surface area contributed by atoms with Gasteiger partial charge in [-0.15, -0.1) is 0 Å². The zero-order chi connectivity index (χ0) is 16.7. The Balaban J connectivity index is 2.23. The van der Waals surface area contributed by atoms with Crippen LogP contribution in [0.4, 0.5) is 8.78 Å². The Labute approximate surface area is 120 Å². The van der Waals surface area contributed by atoms with Crippen LogP contribution < -0.4 is 11.2 Å². The quantitative estimate of drug-likeness (QED) is 0.476. The lowest BCUT2D eigenvalue weighted by atomic mass is 10.1. The highest BCUT2D eigenvalue weighted by atomic mass is 31.2.